The van der Waals surface area contributed by atoms with Gasteiger partial charge >= 0.3 is 5.97 Å². The van der Waals surface area contributed by atoms with Gasteiger partial charge in [0.25, 0.3) is 0 Å². The first kappa shape index (κ1) is 17.9. The Morgan fingerprint density at radius 3 is 1.69 bits per heavy atom. The number of hydrogen-bond donors (Lipinski definition) is 1. The van der Waals surface area contributed by atoms with E-state index in [1.165, 1.54) is 32.1 Å². The van der Waals surface area contributed by atoms with Crippen LogP contribution in [0.25, 0.3) is 0 Å². The van der Waals surface area contributed by atoms with Crippen molar-refractivity contribution in [3.63, 3.8) is 0 Å². The molecule has 0 spiro atoms. The summed E-state index contributed by atoms with van der Waals surface area (Å²) in [5.41, 5.74) is 0. The summed E-state index contributed by atoms with van der Waals surface area (Å²) in [6.07, 6.45) is 8.64. The second kappa shape index (κ2) is 14.5. The normalized spacial score (nSPS) is 9.81. The van der Waals surface area contributed by atoms with E-state index >= 15 is 0 Å². The van der Waals surface area contributed by atoms with E-state index in [1.54, 1.807) is 0 Å². The Kier molecular flexibility index (Phi) is 16.1. The van der Waals surface area contributed by atoms with Crippen molar-refractivity contribution in [3.8, 4) is 0 Å². The fourth-order valence-corrected chi connectivity index (χ4v) is 1.23. The molecule has 0 saturated carbocycles. The van der Waals surface area contributed by atoms with Crippen LogP contribution >= 0.6 is 0 Å². The lowest BCUT2D eigenvalue weighted by Crippen LogP contribution is -1.93. The van der Waals surface area contributed by atoms with Crippen LogP contribution in [-0.4, -0.2) is 11.1 Å². The summed E-state index contributed by atoms with van der Waals surface area (Å²) < 4.78 is 0. The molecule has 0 aromatic rings. The molecular weight excluding hydrogens is 200 g/mol. The average molecular weight is 230 g/mol. The summed E-state index contributed by atoms with van der Waals surface area (Å²) in [5.74, 6) is 0.170. The van der Waals surface area contributed by atoms with Crippen LogP contribution in [0, 0.1) is 5.92 Å². The van der Waals surface area contributed by atoms with E-state index in [-0.39, 0.29) is 0 Å². The molecule has 2 nitrogen and oxygen atoms in total. The first-order valence-corrected chi connectivity index (χ1v) is 6.72. The van der Waals surface area contributed by atoms with Crippen molar-refractivity contribution in [1.29, 1.82) is 0 Å². The Labute approximate surface area is 101 Å². The highest BCUT2D eigenvalue weighted by atomic mass is 16.4. The predicted octanol–water partition coefficient (Wildman–Crippen LogP) is 4.87. The third-order valence-electron chi connectivity index (χ3n) is 1.99. The Morgan fingerprint density at radius 2 is 1.31 bits per heavy atom. The summed E-state index contributed by atoms with van der Waals surface area (Å²) >= 11 is 0. The van der Waals surface area contributed by atoms with Gasteiger partial charge in [0, 0.05) is 6.42 Å². The maximum atomic E-state index is 10.1. The lowest BCUT2D eigenvalue weighted by atomic mass is 10.1. The Hall–Kier alpha value is -0.530. The first-order valence-electron chi connectivity index (χ1n) is 6.72. The molecule has 2 heteroatoms. The molecule has 0 atom stereocenters. The zero-order chi connectivity index (χ0) is 12.8. The fraction of sp³-hybridized carbons (Fsp3) is 0.929. The molecule has 1 N–H and O–H groups in total. The molecule has 0 aromatic carbocycles. The molecule has 0 aliphatic carbocycles. The van der Waals surface area contributed by atoms with Gasteiger partial charge in [-0.1, -0.05) is 66.2 Å². The zero-order valence-corrected chi connectivity index (χ0v) is 11.6. The number of hydrogen-bond acceptors (Lipinski definition) is 1. The highest BCUT2D eigenvalue weighted by Crippen LogP contribution is 2.07. The first-order chi connectivity index (χ1) is 7.50. The zero-order valence-electron chi connectivity index (χ0n) is 11.6. The highest BCUT2D eigenvalue weighted by Gasteiger charge is 1.95. The van der Waals surface area contributed by atoms with Crippen LogP contribution in [0.3, 0.4) is 0 Å². The molecule has 0 bridgehead atoms. The van der Waals surface area contributed by atoms with Gasteiger partial charge in [-0.3, -0.25) is 4.79 Å². The van der Waals surface area contributed by atoms with Crippen molar-refractivity contribution in [2.75, 3.05) is 0 Å². The molecule has 0 aliphatic heterocycles. The van der Waals surface area contributed by atoms with Crippen molar-refractivity contribution in [3.05, 3.63) is 0 Å². The Balaban J connectivity index is 0. The number of carboxylic acids is 1. The molecule has 0 saturated heterocycles. The van der Waals surface area contributed by atoms with E-state index in [0.29, 0.717) is 6.42 Å². The van der Waals surface area contributed by atoms with E-state index in [1.807, 2.05) is 0 Å². The van der Waals surface area contributed by atoms with Gasteiger partial charge in [0.2, 0.25) is 0 Å². The van der Waals surface area contributed by atoms with Crippen LogP contribution in [-0.2, 0) is 4.79 Å². The molecule has 0 aliphatic rings. The predicted molar refractivity (Wildman–Crippen MR) is 70.8 cm³/mol. The van der Waals surface area contributed by atoms with Crippen LogP contribution in [0.1, 0.15) is 79.1 Å². The largest absolute Gasteiger partial charge is 0.481 e. The van der Waals surface area contributed by atoms with Crippen LogP contribution in [0.5, 0.6) is 0 Å². The van der Waals surface area contributed by atoms with Gasteiger partial charge in [-0.05, 0) is 12.3 Å². The Morgan fingerprint density at radius 1 is 0.938 bits per heavy atom. The second-order valence-electron chi connectivity index (χ2n) is 5.00. The van der Waals surface area contributed by atoms with Gasteiger partial charge in [-0.25, -0.2) is 0 Å². The number of carboxylic acid groups (broad SMARTS) is 1. The third-order valence-corrected chi connectivity index (χ3v) is 1.99. The minimum Gasteiger partial charge on any atom is -0.481 e. The molecule has 0 amide bonds. The number of unbranched alkanes of at least 4 members (excludes halogenated alkanes) is 6. The van der Waals surface area contributed by atoms with Crippen molar-refractivity contribution in [2.24, 2.45) is 5.92 Å². The van der Waals surface area contributed by atoms with Crippen molar-refractivity contribution in [2.45, 2.75) is 79.1 Å². The van der Waals surface area contributed by atoms with Gasteiger partial charge in [0.15, 0.2) is 0 Å². The lowest BCUT2D eigenvalue weighted by Gasteiger charge is -1.98. The molecule has 0 unspecified atom stereocenters. The smallest absolute Gasteiger partial charge is 0.303 e. The van der Waals surface area contributed by atoms with E-state index < -0.39 is 5.97 Å². The van der Waals surface area contributed by atoms with Crippen molar-refractivity contribution < 1.29 is 9.90 Å². The number of carbonyl (C=O) groups is 1. The summed E-state index contributed by atoms with van der Waals surface area (Å²) in [6.45, 7) is 8.70. The molecule has 0 heterocycles. The van der Waals surface area contributed by atoms with Crippen LogP contribution in [0.2, 0.25) is 0 Å². The minimum atomic E-state index is -0.663. The van der Waals surface area contributed by atoms with Gasteiger partial charge < -0.3 is 5.11 Å². The van der Waals surface area contributed by atoms with Crippen LogP contribution in [0.4, 0.5) is 0 Å². The van der Waals surface area contributed by atoms with Crippen LogP contribution in [0.15, 0.2) is 0 Å². The lowest BCUT2D eigenvalue weighted by molar-refractivity contribution is -0.137. The maximum absolute atomic E-state index is 10.1. The number of aliphatic carboxylic acids is 1. The monoisotopic (exact) mass is 230 g/mol. The van der Waals surface area contributed by atoms with E-state index in [4.69, 9.17) is 5.11 Å². The molecule has 16 heavy (non-hydrogen) atoms. The third kappa shape index (κ3) is 29.2. The summed E-state index contributed by atoms with van der Waals surface area (Å²) in [5, 5.41) is 8.35. The minimum absolute atomic E-state index is 0.341. The fourth-order valence-electron chi connectivity index (χ4n) is 1.23. The topological polar surface area (TPSA) is 37.3 Å². The summed E-state index contributed by atoms with van der Waals surface area (Å²) in [4.78, 5) is 10.1. The standard InChI is InChI=1S/C10H20O2.C4H10/c1-2-3-4-5-6-7-8-9-10(11)12;1-4(2)3/h2-9H2,1H3,(H,11,12);4H,1-3H3. The Bertz CT molecular complexity index is 139. The van der Waals surface area contributed by atoms with Crippen LogP contribution < -0.4 is 0 Å². The van der Waals surface area contributed by atoms with E-state index in [9.17, 15) is 4.79 Å². The molecule has 0 fully saturated rings. The van der Waals surface area contributed by atoms with Gasteiger partial charge in [0.05, 0.1) is 0 Å². The molecular formula is C14H30O2. The molecule has 98 valence electrons. The summed E-state index contributed by atoms with van der Waals surface area (Å²) in [7, 11) is 0. The second-order valence-corrected chi connectivity index (χ2v) is 5.00. The maximum Gasteiger partial charge on any atom is 0.303 e. The van der Waals surface area contributed by atoms with Crippen molar-refractivity contribution in [1.82, 2.24) is 0 Å². The van der Waals surface area contributed by atoms with E-state index in [2.05, 4.69) is 27.7 Å². The SMILES string of the molecule is CC(C)C.CCCCCCCCCC(=O)O. The van der Waals surface area contributed by atoms with Gasteiger partial charge in [-0.2, -0.15) is 0 Å². The van der Waals surface area contributed by atoms with Crippen molar-refractivity contribution >= 4 is 5.97 Å². The molecule has 0 aromatic heterocycles. The molecule has 0 rings (SSSR count). The quantitative estimate of drug-likeness (QED) is 0.604. The summed E-state index contributed by atoms with van der Waals surface area (Å²) in [6, 6.07) is 0. The molecule has 0 radical (unpaired) electrons. The number of rotatable bonds is 8. The van der Waals surface area contributed by atoms with Gasteiger partial charge in [0.1, 0.15) is 0 Å². The van der Waals surface area contributed by atoms with Gasteiger partial charge in [-0.15, -0.1) is 0 Å². The average Bonchev–Trinajstić information content (AvgIpc) is 2.15. The van der Waals surface area contributed by atoms with E-state index in [0.717, 1.165) is 18.8 Å². The highest BCUT2D eigenvalue weighted by molar-refractivity contribution is 5.66.